The van der Waals surface area contributed by atoms with Crippen LogP contribution in [0.1, 0.15) is 74.5 Å². The van der Waals surface area contributed by atoms with Crippen LogP contribution in [0.2, 0.25) is 0 Å². The Balaban J connectivity index is 1.61. The van der Waals surface area contributed by atoms with E-state index in [1.165, 1.54) is 37.7 Å². The first kappa shape index (κ1) is 17.7. The van der Waals surface area contributed by atoms with Crippen molar-refractivity contribution in [1.82, 2.24) is 0 Å². The number of benzene rings is 1. The van der Waals surface area contributed by atoms with Gasteiger partial charge in [0.2, 0.25) is 0 Å². The fraction of sp³-hybridized carbons (Fsp3) is 0.636. The van der Waals surface area contributed by atoms with Crippen LogP contribution < -0.4 is 5.73 Å². The highest BCUT2D eigenvalue weighted by Gasteiger charge is 2.36. The van der Waals surface area contributed by atoms with Gasteiger partial charge < -0.3 is 10.8 Å². The second-order valence-corrected chi connectivity index (χ2v) is 8.05. The van der Waals surface area contributed by atoms with Crippen LogP contribution in [0.15, 0.2) is 30.4 Å². The molecule has 2 heteroatoms. The van der Waals surface area contributed by atoms with Crippen molar-refractivity contribution in [3.63, 3.8) is 0 Å². The second kappa shape index (κ2) is 7.84. The Kier molecular flexibility index (Phi) is 5.78. The number of rotatable bonds is 6. The minimum absolute atomic E-state index is 0.114. The molecule has 3 rings (SSSR count). The summed E-state index contributed by atoms with van der Waals surface area (Å²) >= 11 is 0. The van der Waals surface area contributed by atoms with Gasteiger partial charge in [-0.2, -0.15) is 0 Å². The molecule has 2 aliphatic rings. The predicted octanol–water partition coefficient (Wildman–Crippen LogP) is 4.50. The predicted molar refractivity (Wildman–Crippen MR) is 101 cm³/mol. The highest BCUT2D eigenvalue weighted by Crippen LogP contribution is 2.40. The van der Waals surface area contributed by atoms with Gasteiger partial charge >= 0.3 is 0 Å². The highest BCUT2D eigenvalue weighted by molar-refractivity contribution is 5.36. The highest BCUT2D eigenvalue weighted by atomic mass is 16.3. The van der Waals surface area contributed by atoms with E-state index in [-0.39, 0.29) is 12.1 Å². The molecule has 0 aliphatic heterocycles. The van der Waals surface area contributed by atoms with Crippen LogP contribution in [0.3, 0.4) is 0 Å². The number of aryl methyl sites for hydroxylation is 1. The van der Waals surface area contributed by atoms with Gasteiger partial charge in [0.05, 0.1) is 6.61 Å². The van der Waals surface area contributed by atoms with Crippen LogP contribution >= 0.6 is 0 Å². The summed E-state index contributed by atoms with van der Waals surface area (Å²) in [6.45, 7) is 2.31. The van der Waals surface area contributed by atoms with Gasteiger partial charge in [0.15, 0.2) is 0 Å². The van der Waals surface area contributed by atoms with E-state index in [2.05, 4.69) is 37.3 Å². The van der Waals surface area contributed by atoms with Gasteiger partial charge in [-0.1, -0.05) is 37.3 Å². The summed E-state index contributed by atoms with van der Waals surface area (Å²) in [6.07, 6.45) is 15.1. The van der Waals surface area contributed by atoms with E-state index in [9.17, 15) is 5.11 Å². The lowest BCUT2D eigenvalue weighted by atomic mass is 9.80. The molecule has 3 atom stereocenters. The van der Waals surface area contributed by atoms with E-state index in [1.807, 2.05) is 0 Å². The lowest BCUT2D eigenvalue weighted by Gasteiger charge is -2.26. The summed E-state index contributed by atoms with van der Waals surface area (Å²) in [5, 5.41) is 9.49. The molecule has 0 aromatic heterocycles. The van der Waals surface area contributed by atoms with Crippen LogP contribution in [0, 0.1) is 5.92 Å². The molecule has 0 amide bonds. The van der Waals surface area contributed by atoms with Crippen molar-refractivity contribution >= 4 is 0 Å². The Hall–Kier alpha value is -1.12. The third-order valence-electron chi connectivity index (χ3n) is 6.13. The van der Waals surface area contributed by atoms with Crippen LogP contribution in [-0.4, -0.2) is 17.3 Å². The van der Waals surface area contributed by atoms with Gasteiger partial charge in [0, 0.05) is 5.54 Å². The molecular formula is C22H33NO. The number of aliphatic hydroxyl groups is 1. The monoisotopic (exact) mass is 327 g/mol. The van der Waals surface area contributed by atoms with E-state index in [1.54, 1.807) is 11.1 Å². The van der Waals surface area contributed by atoms with E-state index >= 15 is 0 Å². The average Bonchev–Trinajstić information content (AvgIpc) is 3.01. The van der Waals surface area contributed by atoms with Crippen molar-refractivity contribution in [2.45, 2.75) is 76.2 Å². The Morgan fingerprint density at radius 2 is 2.12 bits per heavy atom. The number of allylic oxidation sites excluding steroid dienone is 2. The molecule has 0 unspecified atom stereocenters. The smallest absolute Gasteiger partial charge is 0.0611 e. The molecule has 24 heavy (non-hydrogen) atoms. The molecule has 0 spiro atoms. The van der Waals surface area contributed by atoms with Crippen molar-refractivity contribution < 1.29 is 5.11 Å². The van der Waals surface area contributed by atoms with Gasteiger partial charge in [-0.05, 0) is 86.3 Å². The minimum Gasteiger partial charge on any atom is -0.394 e. The summed E-state index contributed by atoms with van der Waals surface area (Å²) in [5.74, 6) is 1.38. The van der Waals surface area contributed by atoms with Gasteiger partial charge in [-0.3, -0.25) is 0 Å². The minimum atomic E-state index is -0.350. The van der Waals surface area contributed by atoms with Crippen molar-refractivity contribution in [2.24, 2.45) is 11.7 Å². The van der Waals surface area contributed by atoms with Gasteiger partial charge in [-0.25, -0.2) is 0 Å². The summed E-state index contributed by atoms with van der Waals surface area (Å²) in [5.41, 5.74) is 10.5. The first-order chi connectivity index (χ1) is 11.6. The third kappa shape index (κ3) is 4.10. The first-order valence-electron chi connectivity index (χ1n) is 9.80. The molecule has 0 heterocycles. The number of hydrogen-bond donors (Lipinski definition) is 2. The summed E-state index contributed by atoms with van der Waals surface area (Å²) in [6, 6.07) is 7.14. The zero-order chi connectivity index (χ0) is 17.0. The molecule has 0 saturated heterocycles. The molecular weight excluding hydrogens is 294 g/mol. The molecule has 0 radical (unpaired) electrons. The second-order valence-electron chi connectivity index (χ2n) is 8.05. The van der Waals surface area contributed by atoms with E-state index < -0.39 is 0 Å². The maximum Gasteiger partial charge on any atom is 0.0611 e. The van der Waals surface area contributed by atoms with Gasteiger partial charge in [0.1, 0.15) is 0 Å². The van der Waals surface area contributed by atoms with Gasteiger partial charge in [0.25, 0.3) is 0 Å². The third-order valence-corrected chi connectivity index (χ3v) is 6.13. The largest absolute Gasteiger partial charge is 0.394 e. The maximum absolute atomic E-state index is 9.49. The fourth-order valence-electron chi connectivity index (χ4n) is 4.55. The van der Waals surface area contributed by atoms with Crippen LogP contribution in [0.5, 0.6) is 0 Å². The molecule has 0 bridgehead atoms. The average molecular weight is 328 g/mol. The van der Waals surface area contributed by atoms with Crippen LogP contribution in [0.4, 0.5) is 0 Å². The van der Waals surface area contributed by atoms with Crippen molar-refractivity contribution in [2.75, 3.05) is 6.61 Å². The number of aliphatic hydroxyl groups excluding tert-OH is 1. The van der Waals surface area contributed by atoms with Crippen LogP contribution in [-0.2, 0) is 12.8 Å². The van der Waals surface area contributed by atoms with E-state index in [4.69, 9.17) is 5.73 Å². The summed E-state index contributed by atoms with van der Waals surface area (Å²) < 4.78 is 0. The molecule has 1 saturated carbocycles. The molecule has 1 aromatic rings. The van der Waals surface area contributed by atoms with Gasteiger partial charge in [-0.15, -0.1) is 0 Å². The zero-order valence-electron chi connectivity index (χ0n) is 15.1. The van der Waals surface area contributed by atoms with Crippen molar-refractivity contribution in [3.05, 3.63) is 47.0 Å². The van der Waals surface area contributed by atoms with Crippen LogP contribution in [0.25, 0.3) is 0 Å². The standard InChI is InChI=1S/C22H33NO/c1-2-3-4-5-6-17-7-8-19-14-20(10-9-18(19)13-17)21-11-12-22(23,15-21)16-24/h3-4,9-10,14,17,21,24H,2,5-8,11-13,15-16,23H2,1H3/t17-,21+,22-/m1/s1. The normalized spacial score (nSPS) is 30.0. The maximum atomic E-state index is 9.49. The van der Waals surface area contributed by atoms with Crippen molar-refractivity contribution in [3.8, 4) is 0 Å². The Labute approximate surface area is 147 Å². The first-order valence-corrected chi connectivity index (χ1v) is 9.80. The van der Waals surface area contributed by atoms with E-state index in [0.29, 0.717) is 5.92 Å². The lowest BCUT2D eigenvalue weighted by Crippen LogP contribution is -2.40. The fourth-order valence-corrected chi connectivity index (χ4v) is 4.55. The van der Waals surface area contributed by atoms with E-state index in [0.717, 1.165) is 31.6 Å². The Morgan fingerprint density at radius 1 is 1.25 bits per heavy atom. The number of fused-ring (bicyclic) bond motifs is 1. The molecule has 2 nitrogen and oxygen atoms in total. The Morgan fingerprint density at radius 3 is 2.88 bits per heavy atom. The molecule has 132 valence electrons. The molecule has 1 aromatic carbocycles. The quantitative estimate of drug-likeness (QED) is 0.756. The Bertz CT molecular complexity index is 579. The number of hydrogen-bond acceptors (Lipinski definition) is 2. The topological polar surface area (TPSA) is 46.2 Å². The molecule has 1 fully saturated rings. The SMILES string of the molecule is CCC=CCC[C@@H]1CCc2cc([C@H]3CC[C@](N)(CO)C3)ccc2C1. The lowest BCUT2D eigenvalue weighted by molar-refractivity contribution is 0.198. The summed E-state index contributed by atoms with van der Waals surface area (Å²) in [7, 11) is 0. The summed E-state index contributed by atoms with van der Waals surface area (Å²) in [4.78, 5) is 0. The number of nitrogens with two attached hydrogens (primary N) is 1. The molecule has 3 N–H and O–H groups in total. The molecule has 2 aliphatic carbocycles. The zero-order valence-corrected chi connectivity index (χ0v) is 15.1. The van der Waals surface area contributed by atoms with Crippen molar-refractivity contribution in [1.29, 1.82) is 0 Å².